The number of carbonyl (C=O) groups is 2. The molecular formula is C21H24N2O4. The number of amides is 2. The van der Waals surface area contributed by atoms with Crippen molar-refractivity contribution in [2.45, 2.75) is 26.2 Å². The predicted octanol–water partition coefficient (Wildman–Crippen LogP) is 2.63. The highest BCUT2D eigenvalue weighted by Crippen LogP contribution is 2.26. The molecule has 0 radical (unpaired) electrons. The standard InChI is InChI=1S/C21H24N2O4/c1-14-3-4-15(11-19(14)26-2)12-21(25)22-9-10-27-17-6-7-18-16(13-17)5-8-20(24)23-18/h3-4,6-7,11,13H,5,8-10,12H2,1-2H3,(H,22,25)(H,23,24). The summed E-state index contributed by atoms with van der Waals surface area (Å²) in [6.45, 7) is 2.78. The molecule has 2 aromatic rings. The zero-order valence-electron chi connectivity index (χ0n) is 15.6. The zero-order chi connectivity index (χ0) is 19.2. The monoisotopic (exact) mass is 368 g/mol. The maximum atomic E-state index is 12.1. The van der Waals surface area contributed by atoms with Gasteiger partial charge in [0.05, 0.1) is 20.1 Å². The lowest BCUT2D eigenvalue weighted by molar-refractivity contribution is -0.120. The van der Waals surface area contributed by atoms with Crippen molar-refractivity contribution in [1.29, 1.82) is 0 Å². The van der Waals surface area contributed by atoms with Gasteiger partial charge in [0.2, 0.25) is 11.8 Å². The molecule has 2 N–H and O–H groups in total. The van der Waals surface area contributed by atoms with E-state index in [1.165, 1.54) is 0 Å². The molecule has 1 heterocycles. The summed E-state index contributed by atoms with van der Waals surface area (Å²) < 4.78 is 11.0. The topological polar surface area (TPSA) is 76.7 Å². The Balaban J connectivity index is 1.43. The van der Waals surface area contributed by atoms with Gasteiger partial charge in [-0.25, -0.2) is 0 Å². The Morgan fingerprint density at radius 2 is 2.04 bits per heavy atom. The number of fused-ring (bicyclic) bond motifs is 1. The summed E-state index contributed by atoms with van der Waals surface area (Å²) >= 11 is 0. The lowest BCUT2D eigenvalue weighted by Crippen LogP contribution is -2.29. The molecule has 0 aromatic heterocycles. The average Bonchev–Trinajstić information content (AvgIpc) is 2.66. The molecule has 142 valence electrons. The number of aryl methyl sites for hydroxylation is 2. The van der Waals surface area contributed by atoms with Gasteiger partial charge < -0.3 is 20.1 Å². The summed E-state index contributed by atoms with van der Waals surface area (Å²) in [5.41, 5.74) is 3.87. The molecule has 0 fully saturated rings. The van der Waals surface area contributed by atoms with E-state index in [1.54, 1.807) is 7.11 Å². The van der Waals surface area contributed by atoms with Gasteiger partial charge in [0, 0.05) is 12.1 Å². The Kier molecular flexibility index (Phi) is 5.96. The molecule has 3 rings (SSSR count). The lowest BCUT2D eigenvalue weighted by atomic mass is 10.0. The van der Waals surface area contributed by atoms with Crippen molar-refractivity contribution >= 4 is 17.5 Å². The summed E-state index contributed by atoms with van der Waals surface area (Å²) in [7, 11) is 1.62. The summed E-state index contributed by atoms with van der Waals surface area (Å²) in [5.74, 6) is 1.51. The molecule has 27 heavy (non-hydrogen) atoms. The van der Waals surface area contributed by atoms with E-state index in [-0.39, 0.29) is 11.8 Å². The first-order valence-corrected chi connectivity index (χ1v) is 9.01. The van der Waals surface area contributed by atoms with Crippen molar-refractivity contribution in [2.75, 3.05) is 25.6 Å². The van der Waals surface area contributed by atoms with Crippen LogP contribution in [-0.2, 0) is 22.4 Å². The van der Waals surface area contributed by atoms with Gasteiger partial charge in [-0.1, -0.05) is 12.1 Å². The Morgan fingerprint density at radius 1 is 1.19 bits per heavy atom. The second kappa shape index (κ2) is 8.58. The summed E-state index contributed by atoms with van der Waals surface area (Å²) in [6, 6.07) is 11.4. The molecule has 0 aliphatic carbocycles. The van der Waals surface area contributed by atoms with Crippen LogP contribution in [0.4, 0.5) is 5.69 Å². The molecule has 1 aliphatic heterocycles. The molecule has 0 saturated heterocycles. The molecule has 0 spiro atoms. The third-order valence-corrected chi connectivity index (χ3v) is 4.50. The number of methoxy groups -OCH3 is 1. The Bertz CT molecular complexity index is 848. The van der Waals surface area contributed by atoms with Crippen molar-refractivity contribution in [3.05, 3.63) is 53.1 Å². The largest absolute Gasteiger partial charge is 0.496 e. The van der Waals surface area contributed by atoms with Crippen LogP contribution in [0, 0.1) is 6.92 Å². The predicted molar refractivity (Wildman–Crippen MR) is 103 cm³/mol. The van der Waals surface area contributed by atoms with Gasteiger partial charge in [-0.2, -0.15) is 0 Å². The first-order chi connectivity index (χ1) is 13.0. The number of benzene rings is 2. The number of ether oxygens (including phenoxy) is 2. The van der Waals surface area contributed by atoms with Crippen LogP contribution in [0.1, 0.15) is 23.1 Å². The highest BCUT2D eigenvalue weighted by Gasteiger charge is 2.15. The van der Waals surface area contributed by atoms with Crippen LogP contribution >= 0.6 is 0 Å². The molecule has 1 aliphatic rings. The van der Waals surface area contributed by atoms with Gasteiger partial charge in [-0.15, -0.1) is 0 Å². The minimum atomic E-state index is -0.0577. The van der Waals surface area contributed by atoms with Crippen molar-refractivity contribution < 1.29 is 19.1 Å². The maximum Gasteiger partial charge on any atom is 0.224 e. The number of hydrogen-bond donors (Lipinski definition) is 2. The van der Waals surface area contributed by atoms with E-state index in [0.29, 0.717) is 26.0 Å². The maximum absolute atomic E-state index is 12.1. The van der Waals surface area contributed by atoms with Crippen molar-refractivity contribution in [2.24, 2.45) is 0 Å². The van der Waals surface area contributed by atoms with Gasteiger partial charge in [0.1, 0.15) is 18.1 Å². The molecule has 6 heteroatoms. The zero-order valence-corrected chi connectivity index (χ0v) is 15.6. The molecule has 0 atom stereocenters. The van der Waals surface area contributed by atoms with E-state index >= 15 is 0 Å². The molecule has 2 amide bonds. The molecule has 0 unspecified atom stereocenters. The van der Waals surface area contributed by atoms with Crippen molar-refractivity contribution in [1.82, 2.24) is 5.32 Å². The number of anilines is 1. The average molecular weight is 368 g/mol. The van der Waals surface area contributed by atoms with Gasteiger partial charge in [-0.05, 0) is 54.3 Å². The number of carbonyl (C=O) groups excluding carboxylic acids is 2. The lowest BCUT2D eigenvalue weighted by Gasteiger charge is -2.17. The SMILES string of the molecule is COc1cc(CC(=O)NCCOc2ccc3c(c2)CCC(=O)N3)ccc1C. The number of hydrogen-bond acceptors (Lipinski definition) is 4. The van der Waals surface area contributed by atoms with Gasteiger partial charge in [0.15, 0.2) is 0 Å². The van der Waals surface area contributed by atoms with E-state index in [2.05, 4.69) is 10.6 Å². The highest BCUT2D eigenvalue weighted by molar-refractivity contribution is 5.94. The second-order valence-electron chi connectivity index (χ2n) is 6.55. The van der Waals surface area contributed by atoms with E-state index in [1.807, 2.05) is 43.3 Å². The summed E-state index contributed by atoms with van der Waals surface area (Å²) in [6.07, 6.45) is 1.51. The van der Waals surface area contributed by atoms with Gasteiger partial charge in [-0.3, -0.25) is 9.59 Å². The smallest absolute Gasteiger partial charge is 0.224 e. The molecule has 2 aromatic carbocycles. The normalized spacial score (nSPS) is 12.7. The van der Waals surface area contributed by atoms with Crippen LogP contribution < -0.4 is 20.1 Å². The van der Waals surface area contributed by atoms with E-state index in [9.17, 15) is 9.59 Å². The first kappa shape index (κ1) is 18.8. The first-order valence-electron chi connectivity index (χ1n) is 9.01. The van der Waals surface area contributed by atoms with E-state index in [0.717, 1.165) is 40.3 Å². The Morgan fingerprint density at radius 3 is 2.85 bits per heavy atom. The van der Waals surface area contributed by atoms with E-state index in [4.69, 9.17) is 9.47 Å². The van der Waals surface area contributed by atoms with Gasteiger partial charge in [0.25, 0.3) is 0 Å². The van der Waals surface area contributed by atoms with Crippen LogP contribution in [0.3, 0.4) is 0 Å². The minimum absolute atomic E-state index is 0.0464. The third kappa shape index (κ3) is 5.00. The van der Waals surface area contributed by atoms with Crippen LogP contribution in [0.15, 0.2) is 36.4 Å². The number of rotatable bonds is 7. The fourth-order valence-corrected chi connectivity index (χ4v) is 3.03. The highest BCUT2D eigenvalue weighted by atomic mass is 16.5. The van der Waals surface area contributed by atoms with E-state index < -0.39 is 0 Å². The molecular weight excluding hydrogens is 344 g/mol. The summed E-state index contributed by atoms with van der Waals surface area (Å²) in [4.78, 5) is 23.5. The van der Waals surface area contributed by atoms with Crippen LogP contribution in [0.25, 0.3) is 0 Å². The molecule has 0 saturated carbocycles. The number of nitrogens with one attached hydrogen (secondary N) is 2. The second-order valence-corrected chi connectivity index (χ2v) is 6.55. The Labute approximate surface area is 158 Å². The van der Waals surface area contributed by atoms with Gasteiger partial charge >= 0.3 is 0 Å². The quantitative estimate of drug-likeness (QED) is 0.737. The minimum Gasteiger partial charge on any atom is -0.496 e. The fourth-order valence-electron chi connectivity index (χ4n) is 3.03. The van der Waals surface area contributed by atoms with Crippen LogP contribution in [0.2, 0.25) is 0 Å². The Hall–Kier alpha value is -3.02. The molecule has 0 bridgehead atoms. The van der Waals surface area contributed by atoms with Crippen molar-refractivity contribution in [3.8, 4) is 11.5 Å². The van der Waals surface area contributed by atoms with Crippen molar-refractivity contribution in [3.63, 3.8) is 0 Å². The summed E-state index contributed by atoms with van der Waals surface area (Å²) in [5, 5.41) is 5.70. The molecule has 6 nitrogen and oxygen atoms in total. The van der Waals surface area contributed by atoms with Crippen LogP contribution in [0.5, 0.6) is 11.5 Å². The van der Waals surface area contributed by atoms with Crippen LogP contribution in [-0.4, -0.2) is 32.1 Å². The third-order valence-electron chi connectivity index (χ3n) is 4.50. The fraction of sp³-hybridized carbons (Fsp3) is 0.333.